The zero-order valence-electron chi connectivity index (χ0n) is 16.3. The summed E-state index contributed by atoms with van der Waals surface area (Å²) in [5.41, 5.74) is 0.623. The molecule has 9 heteroatoms. The van der Waals surface area contributed by atoms with Gasteiger partial charge in [-0.05, 0) is 22.4 Å². The molecule has 152 valence electrons. The SMILES string of the molecule is CCCCN(C)C(=O)CN1C(=O)C(c2ccccc2)Oc2ccc([N+](=O)[O-])nc21. The van der Waals surface area contributed by atoms with Crippen LogP contribution in [0.1, 0.15) is 31.4 Å². The number of ether oxygens (including phenoxy) is 1. The molecule has 0 aliphatic carbocycles. The first-order valence-electron chi connectivity index (χ1n) is 9.34. The van der Waals surface area contributed by atoms with E-state index in [1.807, 2.05) is 13.0 Å². The number of pyridine rings is 1. The fraction of sp³-hybridized carbons (Fsp3) is 0.350. The van der Waals surface area contributed by atoms with E-state index in [0.717, 1.165) is 12.8 Å². The number of anilines is 1. The number of aromatic nitrogens is 1. The normalized spacial score (nSPS) is 15.4. The molecule has 2 aromatic rings. The molecule has 1 aromatic heterocycles. The Hall–Kier alpha value is -3.49. The molecule has 0 radical (unpaired) electrons. The Morgan fingerprint density at radius 1 is 1.28 bits per heavy atom. The van der Waals surface area contributed by atoms with Crippen LogP contribution in [0.2, 0.25) is 0 Å². The maximum Gasteiger partial charge on any atom is 0.366 e. The number of rotatable bonds is 7. The van der Waals surface area contributed by atoms with E-state index in [2.05, 4.69) is 4.98 Å². The van der Waals surface area contributed by atoms with Crippen molar-refractivity contribution < 1.29 is 19.2 Å². The molecule has 29 heavy (non-hydrogen) atoms. The van der Waals surface area contributed by atoms with E-state index in [9.17, 15) is 19.7 Å². The van der Waals surface area contributed by atoms with Gasteiger partial charge < -0.3 is 19.8 Å². The van der Waals surface area contributed by atoms with E-state index >= 15 is 0 Å². The first-order chi connectivity index (χ1) is 13.9. The third kappa shape index (κ3) is 4.34. The van der Waals surface area contributed by atoms with Gasteiger partial charge in [0.05, 0.1) is 0 Å². The molecular formula is C20H22N4O5. The Morgan fingerprint density at radius 2 is 2.00 bits per heavy atom. The summed E-state index contributed by atoms with van der Waals surface area (Å²) in [4.78, 5) is 43.0. The van der Waals surface area contributed by atoms with E-state index in [4.69, 9.17) is 4.74 Å². The van der Waals surface area contributed by atoms with Gasteiger partial charge in [-0.15, -0.1) is 0 Å². The minimum absolute atomic E-state index is 0.0198. The van der Waals surface area contributed by atoms with Gasteiger partial charge in [0.25, 0.3) is 11.7 Å². The van der Waals surface area contributed by atoms with Crippen LogP contribution in [0.15, 0.2) is 42.5 Å². The van der Waals surface area contributed by atoms with Crippen LogP contribution in [0.5, 0.6) is 5.75 Å². The van der Waals surface area contributed by atoms with E-state index in [0.29, 0.717) is 12.1 Å². The first kappa shape index (κ1) is 20.2. The molecule has 9 nitrogen and oxygen atoms in total. The highest BCUT2D eigenvalue weighted by atomic mass is 16.6. The lowest BCUT2D eigenvalue weighted by atomic mass is 10.1. The number of nitro groups is 1. The molecule has 1 atom stereocenters. The summed E-state index contributed by atoms with van der Waals surface area (Å²) >= 11 is 0. The van der Waals surface area contributed by atoms with E-state index in [1.165, 1.54) is 17.0 Å². The smallest absolute Gasteiger partial charge is 0.366 e. The summed E-state index contributed by atoms with van der Waals surface area (Å²) in [6.45, 7) is 2.31. The second-order valence-corrected chi connectivity index (χ2v) is 6.75. The predicted octanol–water partition coefficient (Wildman–Crippen LogP) is 2.72. The largest absolute Gasteiger partial charge is 0.469 e. The van der Waals surface area contributed by atoms with Gasteiger partial charge in [0.15, 0.2) is 5.75 Å². The van der Waals surface area contributed by atoms with Crippen molar-refractivity contribution in [3.8, 4) is 5.75 Å². The molecular weight excluding hydrogens is 376 g/mol. The lowest BCUT2D eigenvalue weighted by Gasteiger charge is -2.31. The van der Waals surface area contributed by atoms with Crippen LogP contribution in [0, 0.1) is 10.1 Å². The summed E-state index contributed by atoms with van der Waals surface area (Å²) in [6.07, 6.45) is 0.813. The zero-order chi connectivity index (χ0) is 21.0. The highest BCUT2D eigenvalue weighted by molar-refractivity contribution is 6.03. The molecule has 0 fully saturated rings. The fourth-order valence-electron chi connectivity index (χ4n) is 3.00. The summed E-state index contributed by atoms with van der Waals surface area (Å²) in [5.74, 6) is -0.995. The van der Waals surface area contributed by atoms with Crippen molar-refractivity contribution >= 4 is 23.5 Å². The highest BCUT2D eigenvalue weighted by Crippen LogP contribution is 2.38. The van der Waals surface area contributed by atoms with Crippen LogP contribution in [-0.2, 0) is 9.59 Å². The van der Waals surface area contributed by atoms with Crippen molar-refractivity contribution in [2.45, 2.75) is 25.9 Å². The van der Waals surface area contributed by atoms with Gasteiger partial charge in [-0.1, -0.05) is 43.7 Å². The molecule has 3 rings (SSSR count). The number of hydrogen-bond acceptors (Lipinski definition) is 6. The summed E-state index contributed by atoms with van der Waals surface area (Å²) < 4.78 is 5.80. The summed E-state index contributed by atoms with van der Waals surface area (Å²) in [6, 6.07) is 11.5. The lowest BCUT2D eigenvalue weighted by Crippen LogP contribution is -2.47. The molecule has 0 saturated carbocycles. The minimum Gasteiger partial charge on any atom is -0.469 e. The van der Waals surface area contributed by atoms with Gasteiger partial charge in [-0.3, -0.25) is 14.5 Å². The van der Waals surface area contributed by atoms with Crippen LogP contribution in [0.25, 0.3) is 0 Å². The van der Waals surface area contributed by atoms with Crippen LogP contribution in [-0.4, -0.2) is 46.8 Å². The average molecular weight is 398 g/mol. The van der Waals surface area contributed by atoms with Crippen LogP contribution in [0.4, 0.5) is 11.6 Å². The molecule has 2 heterocycles. The van der Waals surface area contributed by atoms with Crippen LogP contribution in [0.3, 0.4) is 0 Å². The number of fused-ring (bicyclic) bond motifs is 1. The summed E-state index contributed by atoms with van der Waals surface area (Å²) in [7, 11) is 1.67. The topological polar surface area (TPSA) is 106 Å². The third-order valence-corrected chi connectivity index (χ3v) is 4.67. The first-order valence-corrected chi connectivity index (χ1v) is 9.34. The van der Waals surface area contributed by atoms with Crippen molar-refractivity contribution in [1.82, 2.24) is 9.88 Å². The second-order valence-electron chi connectivity index (χ2n) is 6.75. The zero-order valence-corrected chi connectivity index (χ0v) is 16.3. The van der Waals surface area contributed by atoms with Crippen molar-refractivity contribution in [2.24, 2.45) is 0 Å². The van der Waals surface area contributed by atoms with E-state index in [-0.39, 0.29) is 24.0 Å². The van der Waals surface area contributed by atoms with Crippen molar-refractivity contribution in [1.29, 1.82) is 0 Å². The van der Waals surface area contributed by atoms with Gasteiger partial charge in [0.1, 0.15) is 6.54 Å². The lowest BCUT2D eigenvalue weighted by molar-refractivity contribution is -0.389. The predicted molar refractivity (Wildman–Crippen MR) is 106 cm³/mol. The maximum absolute atomic E-state index is 13.2. The maximum atomic E-state index is 13.2. The van der Waals surface area contributed by atoms with Gasteiger partial charge in [-0.2, -0.15) is 0 Å². The number of carbonyl (C=O) groups excluding carboxylic acids is 2. The second kappa shape index (κ2) is 8.68. The standard InChI is InChI=1S/C20H22N4O5/c1-3-4-12-22(2)17(25)13-23-19-15(10-11-16(21-19)24(27)28)29-18(20(23)26)14-8-6-5-7-9-14/h5-11,18H,3-4,12-13H2,1-2H3. The highest BCUT2D eigenvalue weighted by Gasteiger charge is 2.41. The molecule has 1 aliphatic rings. The minimum atomic E-state index is -0.958. The molecule has 0 bridgehead atoms. The molecule has 1 aromatic carbocycles. The third-order valence-electron chi connectivity index (χ3n) is 4.67. The van der Waals surface area contributed by atoms with Crippen molar-refractivity contribution in [3.05, 3.63) is 58.1 Å². The van der Waals surface area contributed by atoms with E-state index in [1.54, 1.807) is 36.2 Å². The number of amides is 2. The number of benzene rings is 1. The van der Waals surface area contributed by atoms with Crippen LogP contribution >= 0.6 is 0 Å². The number of nitrogens with zero attached hydrogens (tertiary/aromatic N) is 4. The molecule has 0 saturated heterocycles. The number of carbonyl (C=O) groups is 2. The molecule has 0 spiro atoms. The van der Waals surface area contributed by atoms with Crippen molar-refractivity contribution in [3.63, 3.8) is 0 Å². The Balaban J connectivity index is 1.96. The Labute approximate surface area is 168 Å². The molecule has 2 amide bonds. The van der Waals surface area contributed by atoms with Gasteiger partial charge in [0.2, 0.25) is 12.0 Å². The van der Waals surface area contributed by atoms with Crippen molar-refractivity contribution in [2.75, 3.05) is 25.0 Å². The Kier molecular flexibility index (Phi) is 6.06. The quantitative estimate of drug-likeness (QED) is 0.524. The van der Waals surface area contributed by atoms with Gasteiger partial charge >= 0.3 is 5.82 Å². The molecule has 1 unspecified atom stereocenters. The van der Waals surface area contributed by atoms with Crippen LogP contribution < -0.4 is 9.64 Å². The number of likely N-dealkylation sites (N-methyl/N-ethyl adjacent to an activating group) is 1. The Morgan fingerprint density at radius 3 is 2.66 bits per heavy atom. The fourth-order valence-corrected chi connectivity index (χ4v) is 3.00. The monoisotopic (exact) mass is 398 g/mol. The Bertz CT molecular complexity index is 918. The summed E-state index contributed by atoms with van der Waals surface area (Å²) in [5, 5.41) is 11.1. The number of hydrogen-bond donors (Lipinski definition) is 0. The van der Waals surface area contributed by atoms with Gasteiger partial charge in [0, 0.05) is 25.2 Å². The van der Waals surface area contributed by atoms with Gasteiger partial charge in [-0.25, -0.2) is 0 Å². The number of unbranched alkanes of at least 4 members (excludes halogenated alkanes) is 1. The molecule has 1 aliphatic heterocycles. The molecule has 0 N–H and O–H groups in total. The van der Waals surface area contributed by atoms with E-state index < -0.39 is 22.8 Å². The average Bonchev–Trinajstić information content (AvgIpc) is 2.73.